The summed E-state index contributed by atoms with van der Waals surface area (Å²) in [4.78, 5) is 44.5. The van der Waals surface area contributed by atoms with E-state index in [-0.39, 0.29) is 0 Å². The molecule has 0 amide bonds. The van der Waals surface area contributed by atoms with Crippen molar-refractivity contribution in [3.05, 3.63) is 33.1 Å². The summed E-state index contributed by atoms with van der Waals surface area (Å²) >= 11 is 0. The molecule has 8 N–H and O–H groups in total. The van der Waals surface area contributed by atoms with Crippen molar-refractivity contribution in [2.75, 3.05) is 6.61 Å². The standard InChI is InChI=1S/C15H24N2O16P2/c1-5-8(19)10(21)12(23)14(30-5)32-35(27,28)33-34(25,26)29-4-6-9(20)11(22)13(31-6)17-3-2-7(18)16-15(17)24/h2-3,5-6,8-14,19-23H,4H2,1H3,(H,25,26)(H,27,28)(H,16,18,24)/t5-,6+,8+,9+,10+,11+,12-,13+,14-/m0/s1. The van der Waals surface area contributed by atoms with Crippen molar-refractivity contribution in [1.82, 2.24) is 9.55 Å². The zero-order valence-electron chi connectivity index (χ0n) is 17.7. The first-order chi connectivity index (χ1) is 16.1. The summed E-state index contributed by atoms with van der Waals surface area (Å²) in [6.07, 6.45) is -14.2. The van der Waals surface area contributed by atoms with Crippen molar-refractivity contribution < 1.29 is 67.3 Å². The lowest BCUT2D eigenvalue weighted by Gasteiger charge is -2.38. The fraction of sp³-hybridized carbons (Fsp3) is 0.733. The molecule has 3 heterocycles. The Labute approximate surface area is 195 Å². The number of aromatic amines is 1. The summed E-state index contributed by atoms with van der Waals surface area (Å²) in [6.45, 7) is 0.250. The van der Waals surface area contributed by atoms with Crippen LogP contribution < -0.4 is 11.2 Å². The second-order valence-electron chi connectivity index (χ2n) is 7.66. The second-order valence-corrected chi connectivity index (χ2v) is 10.7. The summed E-state index contributed by atoms with van der Waals surface area (Å²) in [6, 6.07) is 0.940. The molecule has 35 heavy (non-hydrogen) atoms. The summed E-state index contributed by atoms with van der Waals surface area (Å²) < 4.78 is 48.3. The number of aromatic nitrogens is 2. The number of nitrogens with one attached hydrogen (secondary N) is 1. The zero-order valence-corrected chi connectivity index (χ0v) is 19.5. The van der Waals surface area contributed by atoms with Gasteiger partial charge in [0.1, 0.15) is 36.6 Å². The first-order valence-corrected chi connectivity index (χ1v) is 12.8. The highest BCUT2D eigenvalue weighted by molar-refractivity contribution is 7.61. The molecule has 0 saturated carbocycles. The Balaban J connectivity index is 1.61. The van der Waals surface area contributed by atoms with Gasteiger partial charge in [-0.25, -0.2) is 13.9 Å². The number of hydrogen-bond donors (Lipinski definition) is 8. The van der Waals surface area contributed by atoms with Gasteiger partial charge in [0, 0.05) is 12.3 Å². The van der Waals surface area contributed by atoms with Crippen LogP contribution in [0.1, 0.15) is 13.2 Å². The molecular weight excluding hydrogens is 526 g/mol. The van der Waals surface area contributed by atoms with Crippen LogP contribution in [0, 0.1) is 0 Å². The van der Waals surface area contributed by atoms with E-state index in [1.807, 2.05) is 4.98 Å². The van der Waals surface area contributed by atoms with Crippen molar-refractivity contribution in [3.63, 3.8) is 0 Å². The molecule has 20 heteroatoms. The fourth-order valence-corrected chi connectivity index (χ4v) is 5.45. The van der Waals surface area contributed by atoms with Crippen LogP contribution in [0.25, 0.3) is 0 Å². The lowest BCUT2D eigenvalue weighted by molar-refractivity contribution is -0.271. The molecule has 2 fully saturated rings. The van der Waals surface area contributed by atoms with E-state index >= 15 is 0 Å². The van der Waals surface area contributed by atoms with Crippen LogP contribution in [0.5, 0.6) is 0 Å². The Morgan fingerprint density at radius 1 is 0.971 bits per heavy atom. The zero-order chi connectivity index (χ0) is 26.3. The summed E-state index contributed by atoms with van der Waals surface area (Å²) in [5, 5.41) is 49.4. The largest absolute Gasteiger partial charge is 0.483 e. The predicted molar refractivity (Wildman–Crippen MR) is 107 cm³/mol. The third-order valence-corrected chi connectivity index (χ3v) is 7.72. The van der Waals surface area contributed by atoms with E-state index in [0.29, 0.717) is 0 Å². The molecule has 18 nitrogen and oxygen atoms in total. The maximum absolute atomic E-state index is 12.1. The van der Waals surface area contributed by atoms with Gasteiger partial charge in [0.05, 0.1) is 12.7 Å². The molecule has 1 aromatic rings. The molecule has 2 unspecified atom stereocenters. The minimum Gasteiger partial charge on any atom is -0.388 e. The van der Waals surface area contributed by atoms with Crippen LogP contribution in [-0.4, -0.2) is 100 Å². The van der Waals surface area contributed by atoms with Crippen LogP contribution in [-0.2, 0) is 32.0 Å². The molecule has 2 aliphatic heterocycles. The second kappa shape index (κ2) is 10.6. The number of rotatable bonds is 8. The van der Waals surface area contributed by atoms with Crippen LogP contribution >= 0.6 is 15.6 Å². The van der Waals surface area contributed by atoms with Crippen LogP contribution in [0.2, 0.25) is 0 Å². The number of hydrogen-bond acceptors (Lipinski definition) is 14. The topological polar surface area (TPSA) is 277 Å². The van der Waals surface area contributed by atoms with Gasteiger partial charge in [-0.15, -0.1) is 0 Å². The Hall–Kier alpha value is -1.34. The van der Waals surface area contributed by atoms with Crippen LogP contribution in [0.4, 0.5) is 0 Å². The molecule has 0 bridgehead atoms. The van der Waals surface area contributed by atoms with Gasteiger partial charge in [0.15, 0.2) is 12.5 Å². The Morgan fingerprint density at radius 3 is 2.26 bits per heavy atom. The van der Waals surface area contributed by atoms with Crippen LogP contribution in [0.15, 0.2) is 21.9 Å². The van der Waals surface area contributed by atoms with Crippen LogP contribution in [0.3, 0.4) is 0 Å². The molecule has 0 spiro atoms. The smallest absolute Gasteiger partial charge is 0.388 e. The minimum atomic E-state index is -5.50. The van der Waals surface area contributed by atoms with E-state index in [1.165, 1.54) is 6.92 Å². The average molecular weight is 550 g/mol. The van der Waals surface area contributed by atoms with Gasteiger partial charge in [-0.3, -0.25) is 23.4 Å². The first-order valence-electron chi connectivity index (χ1n) is 9.84. The number of H-pyrrole nitrogens is 1. The molecule has 0 aliphatic carbocycles. The van der Waals surface area contributed by atoms with E-state index in [2.05, 4.69) is 13.4 Å². The summed E-state index contributed by atoms with van der Waals surface area (Å²) in [5.74, 6) is 0. The minimum absolute atomic E-state index is 0.737. The highest BCUT2D eigenvalue weighted by Gasteiger charge is 2.49. The number of phosphoric ester groups is 2. The van der Waals surface area contributed by atoms with E-state index in [1.54, 1.807) is 0 Å². The number of phosphoric acid groups is 2. The lowest BCUT2D eigenvalue weighted by atomic mass is 10.0. The summed E-state index contributed by atoms with van der Waals surface area (Å²) in [5.41, 5.74) is -1.72. The van der Waals surface area contributed by atoms with Gasteiger partial charge in [0.2, 0.25) is 0 Å². The molecule has 0 aromatic carbocycles. The molecule has 2 saturated heterocycles. The number of ether oxygens (including phenoxy) is 2. The van der Waals surface area contributed by atoms with Gasteiger partial charge in [-0.2, -0.15) is 4.31 Å². The van der Waals surface area contributed by atoms with Gasteiger partial charge < -0.3 is 44.8 Å². The predicted octanol–water partition coefficient (Wildman–Crippen LogP) is -3.77. The fourth-order valence-electron chi connectivity index (χ4n) is 3.30. The summed E-state index contributed by atoms with van der Waals surface area (Å²) in [7, 11) is -10.9. The molecule has 0 radical (unpaired) electrons. The number of nitrogens with zero attached hydrogens (tertiary/aromatic N) is 1. The van der Waals surface area contributed by atoms with Gasteiger partial charge in [-0.05, 0) is 6.92 Å². The van der Waals surface area contributed by atoms with E-state index < -0.39 is 88.7 Å². The highest BCUT2D eigenvalue weighted by Crippen LogP contribution is 2.61. The average Bonchev–Trinajstić information content (AvgIpc) is 3.02. The molecule has 11 atom stereocenters. The SMILES string of the molecule is C[C@@H]1O[C@@H](OP(=O)(O)OP(=O)(O)OC[C@H]2O[C@@H](n3ccc(=O)[nH]c3=O)[C@H](O)[C@@H]2O)[C@@H](O)[C@H](O)[C@@H]1O. The Morgan fingerprint density at radius 2 is 1.63 bits per heavy atom. The quantitative estimate of drug-likeness (QED) is 0.144. The van der Waals surface area contributed by atoms with Gasteiger partial charge in [0.25, 0.3) is 5.56 Å². The molecule has 2 aliphatic rings. The number of aliphatic hydroxyl groups is 5. The lowest BCUT2D eigenvalue weighted by Crippen LogP contribution is -2.57. The normalized spacial score (nSPS) is 39.1. The maximum Gasteiger partial charge on any atom is 0.483 e. The Kier molecular flexibility index (Phi) is 8.52. The third kappa shape index (κ3) is 6.51. The van der Waals surface area contributed by atoms with E-state index in [9.17, 15) is 54.0 Å². The maximum atomic E-state index is 12.1. The van der Waals surface area contributed by atoms with Gasteiger partial charge in [-0.1, -0.05) is 0 Å². The van der Waals surface area contributed by atoms with Crippen molar-refractivity contribution in [1.29, 1.82) is 0 Å². The van der Waals surface area contributed by atoms with E-state index in [0.717, 1.165) is 16.8 Å². The Bertz CT molecular complexity index is 1110. The molecule has 1 aromatic heterocycles. The van der Waals surface area contributed by atoms with Gasteiger partial charge >= 0.3 is 21.3 Å². The first kappa shape index (κ1) is 28.2. The van der Waals surface area contributed by atoms with Crippen molar-refractivity contribution in [2.45, 2.75) is 62.2 Å². The van der Waals surface area contributed by atoms with Crippen molar-refractivity contribution in [3.8, 4) is 0 Å². The van der Waals surface area contributed by atoms with Crippen molar-refractivity contribution >= 4 is 15.6 Å². The highest BCUT2D eigenvalue weighted by atomic mass is 31.3. The monoisotopic (exact) mass is 550 g/mol. The third-order valence-electron chi connectivity index (χ3n) is 5.12. The number of aliphatic hydroxyl groups excluding tert-OH is 5. The molecule has 3 rings (SSSR count). The molecule has 200 valence electrons. The molecular formula is C15H24N2O16P2. The van der Waals surface area contributed by atoms with Crippen molar-refractivity contribution in [2.24, 2.45) is 0 Å². The van der Waals surface area contributed by atoms with E-state index in [4.69, 9.17) is 9.47 Å².